The molecular weight excluding hydrogens is 439 g/mol. The topological polar surface area (TPSA) is 80.4 Å². The second kappa shape index (κ2) is 8.77. The maximum absolute atomic E-state index is 12.8. The Morgan fingerprint density at radius 2 is 1.90 bits per heavy atom. The van der Waals surface area contributed by atoms with Gasteiger partial charge in [0.05, 0.1) is 23.8 Å². The van der Waals surface area contributed by atoms with Crippen molar-refractivity contribution >= 4 is 34.8 Å². The molecule has 9 heteroatoms. The molecule has 0 unspecified atom stereocenters. The van der Waals surface area contributed by atoms with E-state index in [1.807, 2.05) is 24.8 Å². The second-order valence-electron chi connectivity index (χ2n) is 7.66. The summed E-state index contributed by atoms with van der Waals surface area (Å²) in [5.41, 5.74) is 2.47. The Morgan fingerprint density at radius 1 is 1.16 bits per heavy atom. The van der Waals surface area contributed by atoms with Crippen LogP contribution in [0, 0.1) is 13.8 Å². The maximum Gasteiger partial charge on any atom is 0.292 e. The molecule has 1 fully saturated rings. The summed E-state index contributed by atoms with van der Waals surface area (Å²) in [6.07, 6.45) is 4.55. The maximum atomic E-state index is 12.8. The highest BCUT2D eigenvalue weighted by Crippen LogP contribution is 2.26. The number of hydrogen-bond donors (Lipinski definition) is 1. The number of aromatic nitrogens is 2. The Balaban J connectivity index is 1.46. The van der Waals surface area contributed by atoms with Crippen molar-refractivity contribution in [2.75, 3.05) is 18.0 Å². The van der Waals surface area contributed by atoms with Crippen LogP contribution in [0.15, 0.2) is 45.9 Å². The molecule has 31 heavy (non-hydrogen) atoms. The predicted molar refractivity (Wildman–Crippen MR) is 121 cm³/mol. The molecule has 0 spiro atoms. The van der Waals surface area contributed by atoms with Crippen LogP contribution in [0.1, 0.15) is 34.5 Å². The van der Waals surface area contributed by atoms with Gasteiger partial charge in [0.2, 0.25) is 0 Å². The number of hydrogen-bond acceptors (Lipinski definition) is 5. The first-order valence-electron chi connectivity index (χ1n) is 9.99. The van der Waals surface area contributed by atoms with E-state index in [9.17, 15) is 9.59 Å². The average Bonchev–Trinajstić information content (AvgIpc) is 3.19. The molecule has 0 saturated carbocycles. The lowest BCUT2D eigenvalue weighted by Gasteiger charge is -2.34. The van der Waals surface area contributed by atoms with Gasteiger partial charge in [-0.1, -0.05) is 29.3 Å². The van der Waals surface area contributed by atoms with Crippen LogP contribution in [0.4, 0.5) is 5.69 Å². The predicted octanol–water partition coefficient (Wildman–Crippen LogP) is 4.15. The number of aryl methyl sites for hydroxylation is 2. The molecule has 3 heterocycles. The fourth-order valence-electron chi connectivity index (χ4n) is 3.66. The molecule has 4 rings (SSSR count). The van der Waals surface area contributed by atoms with E-state index in [4.69, 9.17) is 27.6 Å². The van der Waals surface area contributed by atoms with Crippen molar-refractivity contribution in [3.05, 3.63) is 74.0 Å². The smallest absolute Gasteiger partial charge is 0.292 e. The Morgan fingerprint density at radius 3 is 2.55 bits per heavy atom. The van der Waals surface area contributed by atoms with Gasteiger partial charge >= 0.3 is 0 Å². The van der Waals surface area contributed by atoms with Gasteiger partial charge in [-0.25, -0.2) is 0 Å². The highest BCUT2D eigenvalue weighted by molar-refractivity contribution is 6.33. The van der Waals surface area contributed by atoms with E-state index in [0.29, 0.717) is 35.2 Å². The third-order valence-corrected chi connectivity index (χ3v) is 6.30. The van der Waals surface area contributed by atoms with E-state index in [1.54, 1.807) is 24.4 Å². The van der Waals surface area contributed by atoms with Crippen LogP contribution in [0.2, 0.25) is 10.0 Å². The molecule has 1 saturated heterocycles. The van der Waals surface area contributed by atoms with Crippen molar-refractivity contribution in [3.63, 3.8) is 0 Å². The van der Waals surface area contributed by atoms with E-state index in [1.165, 1.54) is 10.9 Å². The van der Waals surface area contributed by atoms with Crippen LogP contribution in [-0.4, -0.2) is 34.8 Å². The molecule has 1 amide bonds. The first-order chi connectivity index (χ1) is 14.8. The van der Waals surface area contributed by atoms with Crippen molar-refractivity contribution in [2.24, 2.45) is 0 Å². The quantitative estimate of drug-likeness (QED) is 0.632. The van der Waals surface area contributed by atoms with E-state index in [-0.39, 0.29) is 17.0 Å². The number of nitrogens with zero attached hydrogens (tertiary/aromatic N) is 3. The summed E-state index contributed by atoms with van der Waals surface area (Å²) in [5.74, 6) is 0.134. The number of piperidine rings is 1. The monoisotopic (exact) mass is 460 g/mol. The third kappa shape index (κ3) is 4.34. The number of benzene rings is 1. The van der Waals surface area contributed by atoms with Gasteiger partial charge in [-0.15, -0.1) is 0 Å². The first kappa shape index (κ1) is 21.5. The molecule has 1 aromatic carbocycles. The Hall–Kier alpha value is -2.77. The van der Waals surface area contributed by atoms with Crippen LogP contribution in [0.3, 0.4) is 0 Å². The van der Waals surface area contributed by atoms with Gasteiger partial charge in [0, 0.05) is 29.7 Å². The lowest BCUT2D eigenvalue weighted by Crippen LogP contribution is -2.45. The summed E-state index contributed by atoms with van der Waals surface area (Å²) in [4.78, 5) is 27.2. The van der Waals surface area contributed by atoms with Crippen LogP contribution in [-0.2, 0) is 0 Å². The molecule has 1 aliphatic heterocycles. The number of halogens is 2. The summed E-state index contributed by atoms with van der Waals surface area (Å²) >= 11 is 12.6. The van der Waals surface area contributed by atoms with Crippen molar-refractivity contribution < 1.29 is 9.21 Å². The molecule has 1 aliphatic rings. The molecule has 162 valence electrons. The molecule has 2 aromatic heterocycles. The molecular formula is C22H22Cl2N4O3. The SMILES string of the molecule is Cc1ccc(-n2ncc(N3CCC(NC(=O)c4occc4C)CC3)c(Cl)c2=O)cc1Cl. The Kier molecular flexibility index (Phi) is 6.07. The van der Waals surface area contributed by atoms with Crippen molar-refractivity contribution in [2.45, 2.75) is 32.7 Å². The number of carbonyl (C=O) groups excluding carboxylic acids is 1. The van der Waals surface area contributed by atoms with Gasteiger partial charge < -0.3 is 14.6 Å². The van der Waals surface area contributed by atoms with Gasteiger partial charge in [0.25, 0.3) is 11.5 Å². The van der Waals surface area contributed by atoms with E-state index in [0.717, 1.165) is 24.0 Å². The van der Waals surface area contributed by atoms with Gasteiger partial charge in [0.1, 0.15) is 5.02 Å². The van der Waals surface area contributed by atoms with Crippen molar-refractivity contribution in [1.82, 2.24) is 15.1 Å². The van der Waals surface area contributed by atoms with Crippen LogP contribution in [0.5, 0.6) is 0 Å². The second-order valence-corrected chi connectivity index (χ2v) is 8.45. The number of rotatable bonds is 4. The molecule has 3 aromatic rings. The lowest BCUT2D eigenvalue weighted by atomic mass is 10.0. The average molecular weight is 461 g/mol. The van der Waals surface area contributed by atoms with E-state index >= 15 is 0 Å². The van der Waals surface area contributed by atoms with E-state index < -0.39 is 5.56 Å². The minimum Gasteiger partial charge on any atom is -0.459 e. The van der Waals surface area contributed by atoms with Gasteiger partial charge in [-0.3, -0.25) is 9.59 Å². The number of carbonyl (C=O) groups is 1. The lowest BCUT2D eigenvalue weighted by molar-refractivity contribution is 0.0902. The van der Waals surface area contributed by atoms with Crippen LogP contribution in [0.25, 0.3) is 5.69 Å². The Bertz CT molecular complexity index is 1180. The largest absolute Gasteiger partial charge is 0.459 e. The van der Waals surface area contributed by atoms with Gasteiger partial charge in [-0.05, 0) is 50.5 Å². The summed E-state index contributed by atoms with van der Waals surface area (Å²) in [6.45, 7) is 5.01. The fourth-order valence-corrected chi connectivity index (χ4v) is 4.09. The highest BCUT2D eigenvalue weighted by atomic mass is 35.5. The molecule has 7 nitrogen and oxygen atoms in total. The molecule has 1 N–H and O–H groups in total. The highest BCUT2D eigenvalue weighted by Gasteiger charge is 2.25. The van der Waals surface area contributed by atoms with Crippen molar-refractivity contribution in [3.8, 4) is 5.69 Å². The van der Waals surface area contributed by atoms with Crippen LogP contribution < -0.4 is 15.8 Å². The van der Waals surface area contributed by atoms with Crippen LogP contribution >= 0.6 is 23.2 Å². The standard InChI is InChI=1S/C22H22Cl2N4O3/c1-13-3-4-16(11-17(13)23)28-22(30)19(24)18(12-25-28)27-8-5-15(6-9-27)26-21(29)20-14(2)7-10-31-20/h3-4,7,10-12,15H,5-6,8-9H2,1-2H3,(H,26,29). The number of anilines is 1. The summed E-state index contributed by atoms with van der Waals surface area (Å²) in [6, 6.07) is 7.09. The molecule has 0 radical (unpaired) electrons. The van der Waals surface area contributed by atoms with Gasteiger partial charge in [0.15, 0.2) is 5.76 Å². The molecule has 0 atom stereocenters. The normalized spacial score (nSPS) is 14.6. The number of amides is 1. The minimum atomic E-state index is -0.400. The van der Waals surface area contributed by atoms with Gasteiger partial charge in [-0.2, -0.15) is 9.78 Å². The zero-order valence-electron chi connectivity index (χ0n) is 17.2. The molecule has 0 aliphatic carbocycles. The Labute approximate surface area is 189 Å². The number of nitrogens with one attached hydrogen (secondary N) is 1. The number of furan rings is 1. The zero-order chi connectivity index (χ0) is 22.1. The minimum absolute atomic E-state index is 0.0232. The summed E-state index contributed by atoms with van der Waals surface area (Å²) in [7, 11) is 0. The summed E-state index contributed by atoms with van der Waals surface area (Å²) < 4.78 is 6.50. The third-order valence-electron chi connectivity index (χ3n) is 5.54. The zero-order valence-corrected chi connectivity index (χ0v) is 18.7. The summed E-state index contributed by atoms with van der Waals surface area (Å²) in [5, 5.41) is 7.98. The molecule has 0 bridgehead atoms. The van der Waals surface area contributed by atoms with E-state index in [2.05, 4.69) is 10.4 Å². The fraction of sp³-hybridized carbons (Fsp3) is 0.318. The first-order valence-corrected chi connectivity index (χ1v) is 10.7. The van der Waals surface area contributed by atoms with Crippen molar-refractivity contribution in [1.29, 1.82) is 0 Å².